The molecule has 2 heteroatoms. The smallest absolute Gasteiger partial charge is 0.0636 e. The number of aliphatic hydroxyl groups excluding tert-OH is 1. The van der Waals surface area contributed by atoms with E-state index in [1.807, 2.05) is 0 Å². The van der Waals surface area contributed by atoms with Crippen LogP contribution < -0.4 is 5.32 Å². The van der Waals surface area contributed by atoms with Gasteiger partial charge >= 0.3 is 0 Å². The Morgan fingerprint density at radius 2 is 1.82 bits per heavy atom. The van der Waals surface area contributed by atoms with Crippen molar-refractivity contribution in [1.29, 1.82) is 0 Å². The minimum Gasteiger partial charge on any atom is -0.392 e. The van der Waals surface area contributed by atoms with Crippen molar-refractivity contribution in [1.82, 2.24) is 5.32 Å². The van der Waals surface area contributed by atoms with Crippen molar-refractivity contribution < 1.29 is 5.11 Å². The van der Waals surface area contributed by atoms with E-state index in [2.05, 4.69) is 43.4 Å². The van der Waals surface area contributed by atoms with Crippen molar-refractivity contribution in [3.05, 3.63) is 35.4 Å². The number of hydrogen-bond acceptors (Lipinski definition) is 2. The van der Waals surface area contributed by atoms with Gasteiger partial charge in [0.15, 0.2) is 0 Å². The molecule has 0 bridgehead atoms. The molecule has 2 nitrogen and oxygen atoms in total. The van der Waals surface area contributed by atoms with Gasteiger partial charge in [0.25, 0.3) is 0 Å². The Balaban J connectivity index is 2.48. The molecule has 0 amide bonds. The van der Waals surface area contributed by atoms with Gasteiger partial charge in [-0.15, -0.1) is 0 Å². The van der Waals surface area contributed by atoms with Gasteiger partial charge in [-0.05, 0) is 37.8 Å². The maximum absolute atomic E-state index is 9.23. The first-order chi connectivity index (χ1) is 8.13. The average Bonchev–Trinajstić information content (AvgIpc) is 2.34. The Bertz CT molecular complexity index is 305. The third-order valence-corrected chi connectivity index (χ3v) is 3.02. The zero-order valence-electron chi connectivity index (χ0n) is 11.2. The van der Waals surface area contributed by atoms with E-state index in [1.54, 1.807) is 6.92 Å². The summed E-state index contributed by atoms with van der Waals surface area (Å²) in [7, 11) is 0. The van der Waals surface area contributed by atoms with E-state index in [0.29, 0.717) is 12.6 Å². The van der Waals surface area contributed by atoms with Gasteiger partial charge < -0.3 is 10.4 Å². The van der Waals surface area contributed by atoms with Crippen molar-refractivity contribution >= 4 is 0 Å². The van der Waals surface area contributed by atoms with Crippen LogP contribution in [-0.4, -0.2) is 17.8 Å². The molecule has 0 saturated heterocycles. The number of unbranched alkanes of at least 4 members (excludes halogenated alkanes) is 1. The summed E-state index contributed by atoms with van der Waals surface area (Å²) in [6, 6.07) is 9.09. The minimum atomic E-state index is -0.290. The quantitative estimate of drug-likeness (QED) is 0.761. The fraction of sp³-hybridized carbons (Fsp3) is 0.600. The van der Waals surface area contributed by atoms with Gasteiger partial charge in [0.05, 0.1) is 6.10 Å². The molecule has 0 aliphatic carbocycles. The van der Waals surface area contributed by atoms with Crippen molar-refractivity contribution in [2.75, 3.05) is 6.54 Å². The monoisotopic (exact) mass is 235 g/mol. The van der Waals surface area contributed by atoms with Crippen molar-refractivity contribution in [2.45, 2.75) is 52.2 Å². The molecular formula is C15H25NO. The Kier molecular flexibility index (Phi) is 6.23. The largest absolute Gasteiger partial charge is 0.392 e. The van der Waals surface area contributed by atoms with Gasteiger partial charge in [-0.2, -0.15) is 0 Å². The van der Waals surface area contributed by atoms with Crippen LogP contribution in [0.2, 0.25) is 0 Å². The highest BCUT2D eigenvalue weighted by Crippen LogP contribution is 2.14. The minimum absolute atomic E-state index is 0.290. The Morgan fingerprint density at radius 1 is 1.18 bits per heavy atom. The van der Waals surface area contributed by atoms with Gasteiger partial charge in [0, 0.05) is 12.6 Å². The molecule has 2 N–H and O–H groups in total. The summed E-state index contributed by atoms with van der Waals surface area (Å²) in [4.78, 5) is 0. The van der Waals surface area contributed by atoms with Crippen LogP contribution in [0.1, 0.15) is 50.8 Å². The highest BCUT2D eigenvalue weighted by Gasteiger charge is 2.05. The van der Waals surface area contributed by atoms with E-state index in [0.717, 1.165) is 0 Å². The van der Waals surface area contributed by atoms with Crippen LogP contribution in [0.3, 0.4) is 0 Å². The number of rotatable bonds is 7. The van der Waals surface area contributed by atoms with Gasteiger partial charge in [0.1, 0.15) is 0 Å². The second-order valence-corrected chi connectivity index (χ2v) is 4.82. The summed E-state index contributed by atoms with van der Waals surface area (Å²) in [5, 5.41) is 12.5. The predicted octanol–water partition coefficient (Wildman–Crippen LogP) is 3.06. The van der Waals surface area contributed by atoms with Crippen LogP contribution in [-0.2, 0) is 6.42 Å². The standard InChI is InChI=1S/C15H25NO/c1-4-5-6-14-7-9-15(10-8-14)13(3)16-11-12(2)17/h7-10,12-13,16-17H,4-6,11H2,1-3H3. The molecule has 96 valence electrons. The molecule has 2 atom stereocenters. The molecule has 0 heterocycles. The fourth-order valence-corrected chi connectivity index (χ4v) is 1.82. The summed E-state index contributed by atoms with van der Waals surface area (Å²) < 4.78 is 0. The molecule has 0 spiro atoms. The zero-order chi connectivity index (χ0) is 12.7. The second kappa shape index (κ2) is 7.46. The summed E-state index contributed by atoms with van der Waals surface area (Å²) in [5.41, 5.74) is 2.70. The van der Waals surface area contributed by atoms with Crippen LogP contribution in [0.5, 0.6) is 0 Å². The molecule has 0 aliphatic rings. The Morgan fingerprint density at radius 3 is 2.35 bits per heavy atom. The third-order valence-electron chi connectivity index (χ3n) is 3.02. The van der Waals surface area contributed by atoms with E-state index in [9.17, 15) is 5.11 Å². The number of aliphatic hydroxyl groups is 1. The summed E-state index contributed by atoms with van der Waals surface area (Å²) in [6.07, 6.45) is 3.39. The topological polar surface area (TPSA) is 32.3 Å². The number of aryl methyl sites for hydroxylation is 1. The summed E-state index contributed by atoms with van der Waals surface area (Å²) >= 11 is 0. The third kappa shape index (κ3) is 5.33. The number of hydrogen-bond donors (Lipinski definition) is 2. The van der Waals surface area contributed by atoms with Gasteiger partial charge in [-0.1, -0.05) is 37.6 Å². The molecule has 0 fully saturated rings. The highest BCUT2D eigenvalue weighted by molar-refractivity contribution is 5.24. The van der Waals surface area contributed by atoms with Crippen LogP contribution in [0.4, 0.5) is 0 Å². The highest BCUT2D eigenvalue weighted by atomic mass is 16.3. The molecule has 17 heavy (non-hydrogen) atoms. The van der Waals surface area contributed by atoms with Gasteiger partial charge in [-0.25, -0.2) is 0 Å². The lowest BCUT2D eigenvalue weighted by molar-refractivity contribution is 0.187. The molecule has 2 unspecified atom stereocenters. The Labute approximate surface area is 105 Å². The molecular weight excluding hydrogens is 210 g/mol. The fourth-order valence-electron chi connectivity index (χ4n) is 1.82. The van der Waals surface area contributed by atoms with E-state index in [1.165, 1.54) is 30.4 Å². The molecule has 0 aromatic heterocycles. The first-order valence-electron chi connectivity index (χ1n) is 6.63. The molecule has 1 aromatic rings. The predicted molar refractivity (Wildman–Crippen MR) is 73.2 cm³/mol. The second-order valence-electron chi connectivity index (χ2n) is 4.82. The maximum atomic E-state index is 9.23. The first-order valence-corrected chi connectivity index (χ1v) is 6.63. The van der Waals surface area contributed by atoms with E-state index < -0.39 is 0 Å². The molecule has 1 aromatic carbocycles. The van der Waals surface area contributed by atoms with Crippen LogP contribution >= 0.6 is 0 Å². The molecule has 0 radical (unpaired) electrons. The number of nitrogens with one attached hydrogen (secondary N) is 1. The normalized spacial score (nSPS) is 14.6. The Hall–Kier alpha value is -0.860. The summed E-state index contributed by atoms with van der Waals surface area (Å²) in [6.45, 7) is 6.78. The van der Waals surface area contributed by atoms with Crippen molar-refractivity contribution in [3.8, 4) is 0 Å². The number of benzene rings is 1. The lowest BCUT2D eigenvalue weighted by Gasteiger charge is -2.15. The molecule has 1 rings (SSSR count). The van der Waals surface area contributed by atoms with E-state index >= 15 is 0 Å². The van der Waals surface area contributed by atoms with Crippen LogP contribution in [0.15, 0.2) is 24.3 Å². The summed E-state index contributed by atoms with van der Waals surface area (Å²) in [5.74, 6) is 0. The van der Waals surface area contributed by atoms with Crippen molar-refractivity contribution in [2.24, 2.45) is 0 Å². The first kappa shape index (κ1) is 14.2. The zero-order valence-corrected chi connectivity index (χ0v) is 11.2. The lowest BCUT2D eigenvalue weighted by Crippen LogP contribution is -2.27. The molecule has 0 aliphatic heterocycles. The van der Waals surface area contributed by atoms with Crippen LogP contribution in [0, 0.1) is 0 Å². The van der Waals surface area contributed by atoms with E-state index in [-0.39, 0.29) is 6.10 Å². The lowest BCUT2D eigenvalue weighted by atomic mass is 10.0. The van der Waals surface area contributed by atoms with Gasteiger partial charge in [-0.3, -0.25) is 0 Å². The van der Waals surface area contributed by atoms with E-state index in [4.69, 9.17) is 0 Å². The average molecular weight is 235 g/mol. The van der Waals surface area contributed by atoms with Crippen LogP contribution in [0.25, 0.3) is 0 Å². The SMILES string of the molecule is CCCCc1ccc(C(C)NCC(C)O)cc1. The maximum Gasteiger partial charge on any atom is 0.0636 e. The molecule has 0 saturated carbocycles. The van der Waals surface area contributed by atoms with Crippen molar-refractivity contribution in [3.63, 3.8) is 0 Å². The van der Waals surface area contributed by atoms with Gasteiger partial charge in [0.2, 0.25) is 0 Å².